The minimum atomic E-state index is -0.602. The van der Waals surface area contributed by atoms with E-state index in [1.807, 2.05) is 49.5 Å². The van der Waals surface area contributed by atoms with Crippen molar-refractivity contribution >= 4 is 23.2 Å². The first-order valence-corrected chi connectivity index (χ1v) is 11.5. The normalized spacial score (nSPS) is 19.5. The van der Waals surface area contributed by atoms with Crippen LogP contribution in [0.2, 0.25) is 0 Å². The third-order valence-electron chi connectivity index (χ3n) is 6.38. The number of carbonyl (C=O) groups is 2. The van der Waals surface area contributed by atoms with Crippen molar-refractivity contribution in [3.8, 4) is 0 Å². The van der Waals surface area contributed by atoms with Gasteiger partial charge in [0.05, 0.1) is 12.3 Å². The number of likely N-dealkylation sites (N-methyl/N-ethyl adjacent to an activating group) is 1. The Balaban J connectivity index is 1.49. The van der Waals surface area contributed by atoms with Gasteiger partial charge in [-0.1, -0.05) is 61.4 Å². The fourth-order valence-electron chi connectivity index (χ4n) is 4.67. The minimum Gasteiger partial charge on any atom is -0.370 e. The Labute approximate surface area is 190 Å². The summed E-state index contributed by atoms with van der Waals surface area (Å²) in [4.78, 5) is 32.3. The molecular formula is C26H32N4O2. The Hall–Kier alpha value is -3.15. The third kappa shape index (κ3) is 5.18. The van der Waals surface area contributed by atoms with E-state index in [-0.39, 0.29) is 11.8 Å². The number of benzene rings is 2. The van der Waals surface area contributed by atoms with Crippen molar-refractivity contribution in [3.05, 3.63) is 65.7 Å². The lowest BCUT2D eigenvalue weighted by Crippen LogP contribution is -2.50. The van der Waals surface area contributed by atoms with Crippen LogP contribution in [0.15, 0.2) is 59.6 Å². The number of hydrogen-bond acceptors (Lipinski definition) is 4. The van der Waals surface area contributed by atoms with Gasteiger partial charge in [0.25, 0.3) is 0 Å². The second kappa shape index (κ2) is 9.98. The summed E-state index contributed by atoms with van der Waals surface area (Å²) in [5.74, 6) is 0.195. The Morgan fingerprint density at radius 3 is 2.50 bits per heavy atom. The molecule has 2 aromatic rings. The van der Waals surface area contributed by atoms with Crippen molar-refractivity contribution in [2.45, 2.75) is 51.2 Å². The Bertz CT molecular complexity index is 982. The number of nitrogens with one attached hydrogen (secondary N) is 2. The van der Waals surface area contributed by atoms with Gasteiger partial charge in [-0.15, -0.1) is 0 Å². The van der Waals surface area contributed by atoms with E-state index in [2.05, 4.69) is 27.7 Å². The summed E-state index contributed by atoms with van der Waals surface area (Å²) < 4.78 is 0. The number of anilines is 1. The largest absolute Gasteiger partial charge is 0.370 e. The van der Waals surface area contributed by atoms with Crippen molar-refractivity contribution in [3.63, 3.8) is 0 Å². The van der Waals surface area contributed by atoms with Gasteiger partial charge in [-0.05, 0) is 31.7 Å². The van der Waals surface area contributed by atoms with Crippen molar-refractivity contribution in [2.75, 3.05) is 18.5 Å². The number of fused-ring (bicyclic) bond motifs is 1. The average molecular weight is 433 g/mol. The van der Waals surface area contributed by atoms with Crippen LogP contribution in [0.3, 0.4) is 0 Å². The molecule has 2 aliphatic rings. The lowest BCUT2D eigenvalue weighted by Gasteiger charge is -2.24. The molecular weight excluding hydrogens is 400 g/mol. The number of carbonyl (C=O) groups excluding carboxylic acids is 2. The quantitative estimate of drug-likeness (QED) is 0.734. The number of amides is 2. The van der Waals surface area contributed by atoms with E-state index in [0.717, 1.165) is 35.4 Å². The van der Waals surface area contributed by atoms with Crippen LogP contribution in [0, 0.1) is 5.92 Å². The molecule has 0 aromatic heterocycles. The number of para-hydroxylation sites is 1. The fourth-order valence-corrected chi connectivity index (χ4v) is 4.67. The van der Waals surface area contributed by atoms with Crippen LogP contribution in [-0.2, 0) is 9.59 Å². The van der Waals surface area contributed by atoms with Crippen LogP contribution in [-0.4, -0.2) is 43.3 Å². The van der Waals surface area contributed by atoms with Gasteiger partial charge in [0, 0.05) is 30.3 Å². The molecule has 0 bridgehead atoms. The molecule has 6 heteroatoms. The van der Waals surface area contributed by atoms with Crippen LogP contribution in [0.5, 0.6) is 0 Å². The van der Waals surface area contributed by atoms with E-state index in [1.54, 1.807) is 6.92 Å². The summed E-state index contributed by atoms with van der Waals surface area (Å²) in [6.45, 7) is 2.28. The zero-order chi connectivity index (χ0) is 22.5. The van der Waals surface area contributed by atoms with E-state index >= 15 is 0 Å². The van der Waals surface area contributed by atoms with E-state index in [0.29, 0.717) is 18.9 Å². The summed E-state index contributed by atoms with van der Waals surface area (Å²) >= 11 is 0. The lowest BCUT2D eigenvalue weighted by atomic mass is 10.0. The Morgan fingerprint density at radius 2 is 1.75 bits per heavy atom. The molecule has 1 saturated carbocycles. The zero-order valence-corrected chi connectivity index (χ0v) is 18.9. The van der Waals surface area contributed by atoms with Gasteiger partial charge >= 0.3 is 0 Å². The molecule has 0 saturated heterocycles. The van der Waals surface area contributed by atoms with Gasteiger partial charge in [-0.2, -0.15) is 0 Å². The summed E-state index contributed by atoms with van der Waals surface area (Å²) in [7, 11) is 2.01. The Kier molecular flexibility index (Phi) is 6.88. The molecule has 2 aromatic carbocycles. The van der Waals surface area contributed by atoms with Crippen LogP contribution < -0.4 is 15.5 Å². The van der Waals surface area contributed by atoms with Crippen molar-refractivity contribution in [1.82, 2.24) is 10.6 Å². The third-order valence-corrected chi connectivity index (χ3v) is 6.38. The SMILES string of the molecule is C[C@H](NC(=O)CC1CCCC1)C(=O)N[C@@H]1CN(C)c2ccccc2C(c2ccccc2)=N1. The molecule has 32 heavy (non-hydrogen) atoms. The molecule has 0 radical (unpaired) electrons. The molecule has 2 atom stereocenters. The number of hydrogen-bond donors (Lipinski definition) is 2. The topological polar surface area (TPSA) is 73.8 Å². The predicted molar refractivity (Wildman–Crippen MR) is 128 cm³/mol. The highest BCUT2D eigenvalue weighted by atomic mass is 16.2. The summed E-state index contributed by atoms with van der Waals surface area (Å²) in [5.41, 5.74) is 3.97. The van der Waals surface area contributed by atoms with Gasteiger partial charge < -0.3 is 15.5 Å². The molecule has 6 nitrogen and oxygen atoms in total. The lowest BCUT2D eigenvalue weighted by molar-refractivity contribution is -0.129. The van der Waals surface area contributed by atoms with Crippen molar-refractivity contribution in [1.29, 1.82) is 0 Å². The average Bonchev–Trinajstić information content (AvgIpc) is 3.25. The van der Waals surface area contributed by atoms with Gasteiger partial charge in [0.15, 0.2) is 0 Å². The first-order valence-electron chi connectivity index (χ1n) is 11.5. The molecule has 1 heterocycles. The van der Waals surface area contributed by atoms with E-state index in [9.17, 15) is 9.59 Å². The predicted octanol–water partition coefficient (Wildman–Crippen LogP) is 3.50. The Morgan fingerprint density at radius 1 is 1.06 bits per heavy atom. The zero-order valence-electron chi connectivity index (χ0n) is 18.9. The monoisotopic (exact) mass is 432 g/mol. The summed E-state index contributed by atoms with van der Waals surface area (Å²) in [6, 6.07) is 17.6. The first-order chi connectivity index (χ1) is 15.5. The standard InChI is InChI=1S/C26H32N4O2/c1-18(27-24(31)16-19-10-6-7-11-19)26(32)29-23-17-30(2)22-15-9-8-14-21(22)25(28-23)20-12-4-3-5-13-20/h3-5,8-9,12-15,18-19,23H,6-7,10-11,16-17H2,1-2H3,(H,27,31)(H,29,32)/t18-,23+/m0/s1. The molecule has 1 aliphatic heterocycles. The summed E-state index contributed by atoms with van der Waals surface area (Å²) in [6.07, 6.45) is 4.71. The molecule has 1 aliphatic carbocycles. The number of benzodiazepines with no additional fused rings is 1. The number of rotatable bonds is 6. The van der Waals surface area contributed by atoms with Gasteiger partial charge in [-0.3, -0.25) is 14.6 Å². The van der Waals surface area contributed by atoms with Crippen LogP contribution in [0.25, 0.3) is 0 Å². The number of aliphatic imine (C=N–C) groups is 1. The molecule has 2 amide bonds. The van der Waals surface area contributed by atoms with Crippen LogP contribution >= 0.6 is 0 Å². The van der Waals surface area contributed by atoms with Crippen LogP contribution in [0.4, 0.5) is 5.69 Å². The minimum absolute atomic E-state index is 0.0431. The molecule has 4 rings (SSSR count). The fraction of sp³-hybridized carbons (Fsp3) is 0.423. The molecule has 0 spiro atoms. The van der Waals surface area contributed by atoms with E-state index < -0.39 is 12.2 Å². The maximum Gasteiger partial charge on any atom is 0.243 e. The highest BCUT2D eigenvalue weighted by Crippen LogP contribution is 2.28. The molecule has 0 unspecified atom stereocenters. The van der Waals surface area contributed by atoms with Gasteiger partial charge in [0.1, 0.15) is 12.2 Å². The highest BCUT2D eigenvalue weighted by molar-refractivity contribution is 6.16. The maximum absolute atomic E-state index is 12.9. The second-order valence-corrected chi connectivity index (χ2v) is 8.91. The smallest absolute Gasteiger partial charge is 0.243 e. The summed E-state index contributed by atoms with van der Waals surface area (Å²) in [5, 5.41) is 5.91. The molecule has 168 valence electrons. The van der Waals surface area contributed by atoms with Crippen molar-refractivity contribution in [2.24, 2.45) is 10.9 Å². The first kappa shape index (κ1) is 22.1. The maximum atomic E-state index is 12.9. The van der Waals surface area contributed by atoms with Gasteiger partial charge in [0.2, 0.25) is 11.8 Å². The van der Waals surface area contributed by atoms with E-state index in [4.69, 9.17) is 4.99 Å². The number of nitrogens with zero attached hydrogens (tertiary/aromatic N) is 2. The molecule has 2 N–H and O–H groups in total. The molecule has 1 fully saturated rings. The highest BCUT2D eigenvalue weighted by Gasteiger charge is 2.26. The van der Waals surface area contributed by atoms with Crippen LogP contribution in [0.1, 0.15) is 50.2 Å². The van der Waals surface area contributed by atoms with Gasteiger partial charge in [-0.25, -0.2) is 0 Å². The van der Waals surface area contributed by atoms with Crippen molar-refractivity contribution < 1.29 is 9.59 Å². The van der Waals surface area contributed by atoms with E-state index in [1.165, 1.54) is 12.8 Å². The second-order valence-electron chi connectivity index (χ2n) is 8.91.